The van der Waals surface area contributed by atoms with Crippen molar-refractivity contribution in [2.24, 2.45) is 11.8 Å². The van der Waals surface area contributed by atoms with Gasteiger partial charge in [-0.05, 0) is 35.7 Å². The number of quaternary nitrogens is 1. The van der Waals surface area contributed by atoms with Crippen molar-refractivity contribution in [3.8, 4) is 5.75 Å². The Bertz CT molecular complexity index is 812. The summed E-state index contributed by atoms with van der Waals surface area (Å²) >= 11 is 0. The number of pyridine rings is 1. The zero-order chi connectivity index (χ0) is 17.6. The maximum atomic E-state index is 11.3. The maximum Gasteiger partial charge on any atom is 0.131 e. The molecule has 0 saturated carbocycles. The molecule has 0 aliphatic carbocycles. The van der Waals surface area contributed by atoms with E-state index in [1.165, 1.54) is 6.42 Å². The third-order valence-corrected chi connectivity index (χ3v) is 6.56. The quantitative estimate of drug-likeness (QED) is 0.619. The lowest BCUT2D eigenvalue weighted by atomic mass is 9.72. The summed E-state index contributed by atoms with van der Waals surface area (Å²) < 4.78 is 6.31. The van der Waals surface area contributed by atoms with E-state index in [2.05, 4.69) is 24.7 Å². The number of aliphatic hydroxyl groups is 1. The van der Waals surface area contributed by atoms with E-state index in [1.807, 2.05) is 24.3 Å². The molecule has 4 nitrogen and oxygen atoms in total. The van der Waals surface area contributed by atoms with E-state index in [4.69, 9.17) is 4.74 Å². The predicted octanol–water partition coefficient (Wildman–Crippen LogP) is 0.322. The number of piperidine rings is 3. The molecule has 140 valence electrons. The zero-order valence-electron chi connectivity index (χ0n) is 15.4. The molecule has 1 aromatic carbocycles. The molecule has 2 bridgehead atoms. The van der Waals surface area contributed by atoms with Crippen molar-refractivity contribution in [1.82, 2.24) is 4.98 Å². The molecule has 3 aliphatic rings. The van der Waals surface area contributed by atoms with Crippen LogP contribution in [-0.4, -0.2) is 47.9 Å². The summed E-state index contributed by atoms with van der Waals surface area (Å²) in [6.45, 7) is 6.26. The molecule has 0 amide bonds. The van der Waals surface area contributed by atoms with Gasteiger partial charge in [-0.25, -0.2) is 0 Å². The molecule has 1 N–H and O–H groups in total. The van der Waals surface area contributed by atoms with Crippen molar-refractivity contribution in [2.75, 3.05) is 27.2 Å². The number of fused-ring (bicyclic) bond motifs is 4. The molecular weight excluding hydrogens is 348 g/mol. The van der Waals surface area contributed by atoms with Gasteiger partial charge >= 0.3 is 0 Å². The number of hydrogen-bond donors (Lipinski definition) is 1. The van der Waals surface area contributed by atoms with Gasteiger partial charge in [-0.1, -0.05) is 6.08 Å². The van der Waals surface area contributed by atoms with Gasteiger partial charge in [-0.2, -0.15) is 0 Å². The third kappa shape index (κ3) is 3.00. The van der Waals surface area contributed by atoms with Crippen LogP contribution in [0.25, 0.3) is 10.9 Å². The summed E-state index contributed by atoms with van der Waals surface area (Å²) in [7, 11) is 3.96. The monoisotopic (exact) mass is 374 g/mol. The maximum absolute atomic E-state index is 11.3. The molecule has 3 aliphatic heterocycles. The fourth-order valence-electron chi connectivity index (χ4n) is 5.03. The van der Waals surface area contributed by atoms with Crippen LogP contribution in [0, 0.1) is 11.8 Å². The summed E-state index contributed by atoms with van der Waals surface area (Å²) in [4.78, 5) is 4.45. The highest BCUT2D eigenvalue weighted by Gasteiger charge is 2.51. The van der Waals surface area contributed by atoms with Crippen molar-refractivity contribution in [3.05, 3.63) is 48.7 Å². The number of benzene rings is 1. The lowest BCUT2D eigenvalue weighted by Crippen LogP contribution is -3.00. The van der Waals surface area contributed by atoms with E-state index >= 15 is 0 Å². The van der Waals surface area contributed by atoms with Gasteiger partial charge in [0.2, 0.25) is 0 Å². The summed E-state index contributed by atoms with van der Waals surface area (Å²) in [5.74, 6) is 2.03. The molecule has 1 aromatic heterocycles. The first-order valence-electron chi connectivity index (χ1n) is 9.13. The minimum atomic E-state index is -0.490. The molecular formula is C21H27ClN2O2. The molecule has 3 unspecified atom stereocenters. The van der Waals surface area contributed by atoms with Gasteiger partial charge in [-0.3, -0.25) is 4.98 Å². The molecule has 0 spiro atoms. The fraction of sp³-hybridized carbons (Fsp3) is 0.476. The van der Waals surface area contributed by atoms with Crippen LogP contribution in [0.2, 0.25) is 0 Å². The highest BCUT2D eigenvalue weighted by molar-refractivity contribution is 5.83. The lowest BCUT2D eigenvalue weighted by molar-refractivity contribution is -0.956. The van der Waals surface area contributed by atoms with E-state index in [1.54, 1.807) is 13.3 Å². The van der Waals surface area contributed by atoms with Gasteiger partial charge in [0.15, 0.2) is 0 Å². The van der Waals surface area contributed by atoms with E-state index in [9.17, 15) is 5.11 Å². The number of halogens is 1. The Labute approximate surface area is 161 Å². The zero-order valence-corrected chi connectivity index (χ0v) is 16.2. The van der Waals surface area contributed by atoms with Gasteiger partial charge in [-0.15, -0.1) is 6.58 Å². The van der Waals surface area contributed by atoms with Gasteiger partial charge in [0.05, 0.1) is 32.8 Å². The number of rotatable bonds is 4. The number of methoxy groups -OCH3 is 1. The van der Waals surface area contributed by atoms with Crippen LogP contribution in [0.5, 0.6) is 5.75 Å². The minimum Gasteiger partial charge on any atom is -1.00 e. The van der Waals surface area contributed by atoms with E-state index < -0.39 is 6.10 Å². The van der Waals surface area contributed by atoms with Crippen molar-refractivity contribution >= 4 is 10.9 Å². The Balaban J connectivity index is 0.00000196. The minimum absolute atomic E-state index is 0. The Morgan fingerprint density at radius 1 is 1.38 bits per heavy atom. The first-order chi connectivity index (χ1) is 12.1. The van der Waals surface area contributed by atoms with Gasteiger partial charge in [0.1, 0.15) is 17.9 Å². The second-order valence-corrected chi connectivity index (χ2v) is 7.87. The number of aliphatic hydroxyl groups excluding tert-OH is 1. The van der Waals surface area contributed by atoms with Crippen molar-refractivity contribution in [1.29, 1.82) is 0 Å². The van der Waals surface area contributed by atoms with E-state index in [0.29, 0.717) is 11.8 Å². The summed E-state index contributed by atoms with van der Waals surface area (Å²) in [6.07, 6.45) is 5.73. The number of ether oxygens (including phenoxy) is 1. The van der Waals surface area contributed by atoms with Crippen LogP contribution in [0.15, 0.2) is 43.1 Å². The summed E-state index contributed by atoms with van der Waals surface area (Å²) in [6, 6.07) is 8.06. The van der Waals surface area contributed by atoms with E-state index in [0.717, 1.165) is 46.2 Å². The van der Waals surface area contributed by atoms with Crippen LogP contribution < -0.4 is 17.1 Å². The van der Waals surface area contributed by atoms with Crippen LogP contribution in [-0.2, 0) is 0 Å². The largest absolute Gasteiger partial charge is 1.00 e. The molecule has 5 atom stereocenters. The van der Waals surface area contributed by atoms with Crippen molar-refractivity contribution in [2.45, 2.75) is 25.0 Å². The average Bonchev–Trinajstić information content (AvgIpc) is 2.66. The highest BCUT2D eigenvalue weighted by atomic mass is 35.5. The second-order valence-electron chi connectivity index (χ2n) is 7.87. The number of aromatic nitrogens is 1. The summed E-state index contributed by atoms with van der Waals surface area (Å²) in [5, 5.41) is 12.3. The predicted molar refractivity (Wildman–Crippen MR) is 99.4 cm³/mol. The first kappa shape index (κ1) is 19.2. The van der Waals surface area contributed by atoms with Crippen LogP contribution in [0.1, 0.15) is 24.5 Å². The number of likely N-dealkylation sites (N-methyl/N-ethyl adjacent to an activating group) is 1. The third-order valence-electron chi connectivity index (χ3n) is 6.56. The Morgan fingerprint density at radius 3 is 2.88 bits per heavy atom. The van der Waals surface area contributed by atoms with Gasteiger partial charge in [0, 0.05) is 30.3 Å². The normalized spacial score (nSPS) is 31.3. The second kappa shape index (κ2) is 7.18. The standard InChI is InChI=1S/C21H27N2O2.ClH/c1-4-14-13-23(2)10-8-15(14)11-20(23)21(24)17-7-9-22-19-6-5-16(25-3)12-18(17)19;/h4-7,9,12,14-15,20-21,24H,1,8,10-11,13H2,2-3H3;1H/q+1;/p-1/t14?,15?,20-,21+,23?;/m1./s1. The Morgan fingerprint density at radius 2 is 2.19 bits per heavy atom. The lowest BCUT2D eigenvalue weighted by Gasteiger charge is -2.56. The van der Waals surface area contributed by atoms with Gasteiger partial charge < -0.3 is 26.7 Å². The Hall–Kier alpha value is -1.62. The molecule has 3 saturated heterocycles. The van der Waals surface area contributed by atoms with Crippen molar-refractivity contribution < 1.29 is 26.7 Å². The SMILES string of the molecule is C=CC1C[N+]2(C)CCC1C[C@@H]2[C@@H](O)c1ccnc2ccc(OC)cc12.[Cl-]. The molecule has 3 fully saturated rings. The number of nitrogens with zero attached hydrogens (tertiary/aromatic N) is 2. The van der Waals surface area contributed by atoms with Crippen molar-refractivity contribution in [3.63, 3.8) is 0 Å². The van der Waals surface area contributed by atoms with Crippen LogP contribution in [0.4, 0.5) is 0 Å². The fourth-order valence-corrected chi connectivity index (χ4v) is 5.03. The van der Waals surface area contributed by atoms with Crippen LogP contribution >= 0.6 is 0 Å². The topological polar surface area (TPSA) is 42.4 Å². The molecule has 5 rings (SSSR count). The average molecular weight is 375 g/mol. The molecule has 0 radical (unpaired) electrons. The Kier molecular flexibility index (Phi) is 5.29. The summed E-state index contributed by atoms with van der Waals surface area (Å²) in [5.41, 5.74) is 1.87. The van der Waals surface area contributed by atoms with E-state index in [-0.39, 0.29) is 18.4 Å². The van der Waals surface area contributed by atoms with Crippen LogP contribution in [0.3, 0.4) is 0 Å². The van der Waals surface area contributed by atoms with Gasteiger partial charge in [0.25, 0.3) is 0 Å². The number of hydrogen-bond acceptors (Lipinski definition) is 3. The molecule has 26 heavy (non-hydrogen) atoms. The molecule has 4 heterocycles. The molecule has 2 aromatic rings. The highest BCUT2D eigenvalue weighted by Crippen LogP contribution is 2.45. The first-order valence-corrected chi connectivity index (χ1v) is 9.13. The smallest absolute Gasteiger partial charge is 0.131 e. The molecule has 5 heteroatoms.